The third-order valence-electron chi connectivity index (χ3n) is 5.65. The zero-order valence-electron chi connectivity index (χ0n) is 20.6. The Hall–Kier alpha value is -3.60. The molecule has 1 saturated heterocycles. The average molecular weight is 580 g/mol. The smallest absolute Gasteiger partial charge is 0.352 e. The van der Waals surface area contributed by atoms with Crippen LogP contribution in [0.5, 0.6) is 5.75 Å². The van der Waals surface area contributed by atoms with Crippen LogP contribution < -0.4 is 11.1 Å². The molecule has 14 nitrogen and oxygen atoms in total. The Morgan fingerprint density at radius 1 is 1.31 bits per heavy atom. The molecule has 0 radical (unpaired) electrons. The van der Waals surface area contributed by atoms with Crippen LogP contribution in [0.1, 0.15) is 24.4 Å². The third kappa shape index (κ3) is 6.52. The quantitative estimate of drug-likeness (QED) is 0.152. The molecule has 16 heteroatoms. The predicted octanol–water partition coefficient (Wildman–Crippen LogP) is 0.386. The van der Waals surface area contributed by atoms with E-state index in [2.05, 4.69) is 15.5 Å². The lowest BCUT2D eigenvalue weighted by Gasteiger charge is -2.49. The van der Waals surface area contributed by atoms with E-state index in [4.69, 9.17) is 19.6 Å². The summed E-state index contributed by atoms with van der Waals surface area (Å²) in [5.74, 6) is -2.32. The van der Waals surface area contributed by atoms with Crippen molar-refractivity contribution in [2.45, 2.75) is 36.2 Å². The number of nitrogens with two attached hydrogens (primary N) is 1. The largest absolute Gasteiger partial charge is 0.508 e. The summed E-state index contributed by atoms with van der Waals surface area (Å²) in [6.45, 7) is 1.56. The van der Waals surface area contributed by atoms with Gasteiger partial charge in [0.05, 0.1) is 6.61 Å². The van der Waals surface area contributed by atoms with E-state index in [1.54, 1.807) is 6.92 Å². The van der Waals surface area contributed by atoms with E-state index in [-0.39, 0.29) is 48.1 Å². The van der Waals surface area contributed by atoms with Crippen LogP contribution in [-0.4, -0.2) is 85.2 Å². The van der Waals surface area contributed by atoms with E-state index in [1.165, 1.54) is 36.0 Å². The SMILES string of the molecule is CCOC(=O)COCc1nnc(SCC2=C(C(=O)O)N3C(=O)C(NC(=O)C(N)c4ccc(O)cc4)[C@H]3SC2)o1. The topological polar surface area (TPSA) is 207 Å². The van der Waals surface area contributed by atoms with Crippen molar-refractivity contribution < 1.29 is 43.3 Å². The number of hydrogen-bond acceptors (Lipinski definition) is 13. The van der Waals surface area contributed by atoms with Gasteiger partial charge in [0.1, 0.15) is 42.1 Å². The second kappa shape index (κ2) is 12.5. The molecule has 2 aliphatic rings. The van der Waals surface area contributed by atoms with Crippen LogP contribution in [0.3, 0.4) is 0 Å². The van der Waals surface area contributed by atoms with Gasteiger partial charge >= 0.3 is 11.9 Å². The standard InChI is InChI=1S/C23H25N5O9S2/c1-2-36-15(30)8-35-7-14-26-27-23(37-14)39-10-12-9-38-21-17(20(32)28(21)18(12)22(33)34)25-19(31)16(24)11-3-5-13(29)6-4-11/h3-6,16-17,21,29H,2,7-10,24H2,1H3,(H,25,31)(H,33,34)/t16?,17?,21-/m1/s1. The molecule has 0 saturated carbocycles. The molecule has 5 N–H and O–H groups in total. The van der Waals surface area contributed by atoms with Crippen molar-refractivity contribution in [2.75, 3.05) is 24.7 Å². The molecule has 1 fully saturated rings. The molecule has 0 aliphatic carbocycles. The molecule has 0 bridgehead atoms. The number of carbonyl (C=O) groups excluding carboxylic acids is 3. The second-order valence-corrected chi connectivity index (χ2v) is 10.3. The van der Waals surface area contributed by atoms with Crippen LogP contribution in [-0.2, 0) is 35.3 Å². The monoisotopic (exact) mass is 579 g/mol. The maximum atomic E-state index is 12.9. The van der Waals surface area contributed by atoms with Gasteiger partial charge in [-0.1, -0.05) is 23.9 Å². The number of benzene rings is 1. The number of rotatable bonds is 12. The van der Waals surface area contributed by atoms with E-state index in [0.717, 1.165) is 16.7 Å². The van der Waals surface area contributed by atoms with Gasteiger partial charge in [-0.25, -0.2) is 9.59 Å². The fraction of sp³-hybridized carbons (Fsp3) is 0.391. The van der Waals surface area contributed by atoms with Gasteiger partial charge in [-0.2, -0.15) is 0 Å². The van der Waals surface area contributed by atoms with Crippen LogP contribution >= 0.6 is 23.5 Å². The van der Waals surface area contributed by atoms with E-state index in [0.29, 0.717) is 16.9 Å². The maximum Gasteiger partial charge on any atom is 0.352 e. The predicted molar refractivity (Wildman–Crippen MR) is 136 cm³/mol. The molecule has 4 rings (SSSR count). The Labute approximate surface area is 230 Å². The van der Waals surface area contributed by atoms with Gasteiger partial charge in [-0.15, -0.1) is 22.0 Å². The Morgan fingerprint density at radius 3 is 2.74 bits per heavy atom. The lowest BCUT2D eigenvalue weighted by atomic mass is 10.0. The Bertz CT molecular complexity index is 1280. The Morgan fingerprint density at radius 2 is 2.05 bits per heavy atom. The zero-order chi connectivity index (χ0) is 28.1. The summed E-state index contributed by atoms with van der Waals surface area (Å²) < 4.78 is 15.4. The summed E-state index contributed by atoms with van der Waals surface area (Å²) in [6, 6.07) is 3.80. The number of aromatic nitrogens is 2. The number of carbonyl (C=O) groups is 4. The van der Waals surface area contributed by atoms with Crippen molar-refractivity contribution in [2.24, 2.45) is 5.73 Å². The number of nitrogens with one attached hydrogen (secondary N) is 1. The first-order chi connectivity index (χ1) is 18.7. The summed E-state index contributed by atoms with van der Waals surface area (Å²) >= 11 is 2.41. The summed E-state index contributed by atoms with van der Waals surface area (Å²) in [6.07, 6.45) is 0. The van der Waals surface area contributed by atoms with E-state index in [1.807, 2.05) is 0 Å². The number of carboxylic acids is 1. The minimum absolute atomic E-state index is 0.0244. The number of phenolic OH excluding ortho intramolecular Hbond substituents is 1. The number of ether oxygens (including phenoxy) is 2. The summed E-state index contributed by atoms with van der Waals surface area (Å²) in [4.78, 5) is 50.1. The third-order valence-corrected chi connectivity index (χ3v) is 7.90. The molecule has 2 unspecified atom stereocenters. The highest BCUT2D eigenvalue weighted by Gasteiger charge is 2.54. The van der Waals surface area contributed by atoms with E-state index >= 15 is 0 Å². The number of aromatic hydroxyl groups is 1. The highest BCUT2D eigenvalue weighted by molar-refractivity contribution is 8.01. The average Bonchev–Trinajstić information content (AvgIpc) is 3.37. The number of amides is 2. The molecular weight excluding hydrogens is 554 g/mol. The molecule has 208 valence electrons. The summed E-state index contributed by atoms with van der Waals surface area (Å²) in [7, 11) is 0. The Kier molecular flexibility index (Phi) is 9.11. The number of fused-ring (bicyclic) bond motifs is 1. The lowest BCUT2D eigenvalue weighted by Crippen LogP contribution is -2.71. The molecule has 3 atom stereocenters. The van der Waals surface area contributed by atoms with Crippen LogP contribution in [0.25, 0.3) is 0 Å². The van der Waals surface area contributed by atoms with Gasteiger partial charge in [0, 0.05) is 11.5 Å². The molecule has 3 heterocycles. The number of esters is 1. The highest BCUT2D eigenvalue weighted by Crippen LogP contribution is 2.41. The van der Waals surface area contributed by atoms with Gasteiger partial charge in [0.2, 0.25) is 11.8 Å². The zero-order valence-corrected chi connectivity index (χ0v) is 22.2. The maximum absolute atomic E-state index is 12.9. The number of β-lactam (4-membered cyclic amide) rings is 1. The normalized spacial score (nSPS) is 19.2. The van der Waals surface area contributed by atoms with Gasteiger partial charge in [-0.05, 0) is 30.2 Å². The first kappa shape index (κ1) is 28.4. The Balaban J connectivity index is 1.34. The van der Waals surface area contributed by atoms with Gasteiger partial charge < -0.3 is 35.2 Å². The summed E-state index contributed by atoms with van der Waals surface area (Å²) in [5, 5.41) is 29.1. The fourth-order valence-corrected chi connectivity index (χ4v) is 6.06. The minimum Gasteiger partial charge on any atom is -0.508 e. The van der Waals surface area contributed by atoms with Crippen molar-refractivity contribution in [3.05, 3.63) is 47.0 Å². The first-order valence-electron chi connectivity index (χ1n) is 11.6. The van der Waals surface area contributed by atoms with Gasteiger partial charge in [-0.3, -0.25) is 14.5 Å². The molecule has 1 aromatic heterocycles. The summed E-state index contributed by atoms with van der Waals surface area (Å²) in [5.41, 5.74) is 6.77. The molecule has 39 heavy (non-hydrogen) atoms. The second-order valence-electron chi connectivity index (χ2n) is 8.27. The van der Waals surface area contributed by atoms with Crippen molar-refractivity contribution in [1.82, 2.24) is 20.4 Å². The van der Waals surface area contributed by atoms with Gasteiger partial charge in [0.25, 0.3) is 11.1 Å². The number of hydrogen-bond donors (Lipinski definition) is 4. The number of phenols is 1. The van der Waals surface area contributed by atoms with Crippen molar-refractivity contribution in [1.29, 1.82) is 0 Å². The molecule has 2 aromatic rings. The van der Waals surface area contributed by atoms with Crippen molar-refractivity contribution >= 4 is 47.3 Å². The lowest BCUT2D eigenvalue weighted by molar-refractivity contribution is -0.150. The van der Waals surface area contributed by atoms with E-state index in [9.17, 15) is 29.4 Å². The van der Waals surface area contributed by atoms with Crippen LogP contribution in [0.4, 0.5) is 0 Å². The van der Waals surface area contributed by atoms with Crippen LogP contribution in [0.15, 0.2) is 45.2 Å². The fourth-order valence-electron chi connectivity index (χ4n) is 3.80. The number of carboxylic acid groups (broad SMARTS) is 1. The molecule has 0 spiro atoms. The van der Waals surface area contributed by atoms with Crippen LogP contribution in [0, 0.1) is 0 Å². The van der Waals surface area contributed by atoms with Crippen molar-refractivity contribution in [3.63, 3.8) is 0 Å². The molecule has 2 amide bonds. The molecule has 1 aromatic carbocycles. The highest BCUT2D eigenvalue weighted by atomic mass is 32.2. The first-order valence-corrected chi connectivity index (χ1v) is 13.7. The van der Waals surface area contributed by atoms with Crippen molar-refractivity contribution in [3.8, 4) is 5.75 Å². The number of nitrogens with zero attached hydrogens (tertiary/aromatic N) is 3. The number of thioether (sulfide) groups is 2. The molecular formula is C23H25N5O9S2. The minimum atomic E-state index is -1.27. The van der Waals surface area contributed by atoms with Gasteiger partial charge in [0.15, 0.2) is 0 Å². The van der Waals surface area contributed by atoms with E-state index < -0.39 is 41.2 Å². The molecule has 2 aliphatic heterocycles. The van der Waals surface area contributed by atoms with Crippen LogP contribution in [0.2, 0.25) is 0 Å². The number of aliphatic carboxylic acids is 1.